The second-order valence-corrected chi connectivity index (χ2v) is 8.18. The fourth-order valence-electron chi connectivity index (χ4n) is 3.66. The van der Waals surface area contributed by atoms with Crippen LogP contribution in [0.2, 0.25) is 0 Å². The number of ether oxygens (including phenoxy) is 1. The number of carbonyl (C=O) groups is 1. The summed E-state index contributed by atoms with van der Waals surface area (Å²) in [6.07, 6.45) is 4.12. The molecule has 2 saturated heterocycles. The van der Waals surface area contributed by atoms with Crippen LogP contribution in [-0.2, 0) is 4.74 Å². The minimum absolute atomic E-state index is 0.0259. The number of nitrogens with one attached hydrogen (secondary N) is 1. The molecular formula is C20H32N4O2. The summed E-state index contributed by atoms with van der Waals surface area (Å²) in [5.41, 5.74) is 0.651. The SMILES string of the molecule is CC1CCN(c2ccc(C(=O)NCCN3CCOCC3(C)C)cn2)CC1. The van der Waals surface area contributed by atoms with Gasteiger partial charge in [-0.1, -0.05) is 6.92 Å². The number of anilines is 1. The quantitative estimate of drug-likeness (QED) is 0.872. The molecule has 3 rings (SSSR count). The van der Waals surface area contributed by atoms with Gasteiger partial charge in [-0.3, -0.25) is 9.69 Å². The topological polar surface area (TPSA) is 57.7 Å². The summed E-state index contributed by atoms with van der Waals surface area (Å²) in [7, 11) is 0. The van der Waals surface area contributed by atoms with E-state index >= 15 is 0 Å². The summed E-state index contributed by atoms with van der Waals surface area (Å²) in [6.45, 7) is 12.6. The number of nitrogens with zero attached hydrogens (tertiary/aromatic N) is 3. The first-order valence-corrected chi connectivity index (χ1v) is 9.78. The molecule has 0 spiro atoms. The van der Waals surface area contributed by atoms with Gasteiger partial charge in [0.25, 0.3) is 5.91 Å². The zero-order chi connectivity index (χ0) is 18.6. The number of carbonyl (C=O) groups excluding carboxylic acids is 1. The number of rotatable bonds is 5. The zero-order valence-electron chi connectivity index (χ0n) is 16.3. The van der Waals surface area contributed by atoms with E-state index in [4.69, 9.17) is 4.74 Å². The Morgan fingerprint density at radius 3 is 2.73 bits per heavy atom. The van der Waals surface area contributed by atoms with Crippen molar-refractivity contribution in [2.45, 2.75) is 39.2 Å². The van der Waals surface area contributed by atoms with E-state index in [0.717, 1.165) is 51.1 Å². The molecule has 0 bridgehead atoms. The van der Waals surface area contributed by atoms with Crippen molar-refractivity contribution in [2.24, 2.45) is 5.92 Å². The lowest BCUT2D eigenvalue weighted by molar-refractivity contribution is -0.0498. The lowest BCUT2D eigenvalue weighted by atomic mass is 9.99. The lowest BCUT2D eigenvalue weighted by Gasteiger charge is -2.42. The Balaban J connectivity index is 1.47. The van der Waals surface area contributed by atoms with Crippen LogP contribution in [0.5, 0.6) is 0 Å². The predicted octanol–water partition coefficient (Wildman–Crippen LogP) is 2.16. The number of hydrogen-bond acceptors (Lipinski definition) is 5. The van der Waals surface area contributed by atoms with Crippen molar-refractivity contribution in [2.75, 3.05) is 50.8 Å². The van der Waals surface area contributed by atoms with Crippen LogP contribution in [0.15, 0.2) is 18.3 Å². The molecular weight excluding hydrogens is 328 g/mol. The second kappa shape index (κ2) is 8.35. The van der Waals surface area contributed by atoms with Crippen LogP contribution in [0.25, 0.3) is 0 Å². The highest BCUT2D eigenvalue weighted by atomic mass is 16.5. The fraction of sp³-hybridized carbons (Fsp3) is 0.700. The van der Waals surface area contributed by atoms with Gasteiger partial charge in [-0.25, -0.2) is 4.98 Å². The summed E-state index contributed by atoms with van der Waals surface area (Å²) >= 11 is 0. The van der Waals surface area contributed by atoms with Crippen molar-refractivity contribution in [3.63, 3.8) is 0 Å². The third-order valence-electron chi connectivity index (χ3n) is 5.60. The van der Waals surface area contributed by atoms with Gasteiger partial charge in [0.2, 0.25) is 0 Å². The van der Waals surface area contributed by atoms with E-state index in [2.05, 4.69) is 40.9 Å². The molecule has 0 atom stereocenters. The first-order chi connectivity index (χ1) is 12.5. The number of morpholine rings is 1. The Morgan fingerprint density at radius 2 is 2.08 bits per heavy atom. The third kappa shape index (κ3) is 4.74. The molecule has 0 unspecified atom stereocenters. The van der Waals surface area contributed by atoms with Crippen LogP contribution < -0.4 is 10.2 Å². The highest BCUT2D eigenvalue weighted by Crippen LogP contribution is 2.21. The molecule has 3 heterocycles. The molecule has 26 heavy (non-hydrogen) atoms. The van der Waals surface area contributed by atoms with Gasteiger partial charge in [0.1, 0.15) is 5.82 Å². The molecule has 1 aromatic rings. The summed E-state index contributed by atoms with van der Waals surface area (Å²) in [5, 5.41) is 3.01. The monoisotopic (exact) mass is 360 g/mol. The van der Waals surface area contributed by atoms with Crippen molar-refractivity contribution in [3.05, 3.63) is 23.9 Å². The number of amides is 1. The molecule has 0 aromatic carbocycles. The smallest absolute Gasteiger partial charge is 0.252 e. The normalized spacial score (nSPS) is 21.6. The van der Waals surface area contributed by atoms with E-state index < -0.39 is 0 Å². The van der Waals surface area contributed by atoms with Crippen molar-refractivity contribution >= 4 is 11.7 Å². The highest BCUT2D eigenvalue weighted by Gasteiger charge is 2.29. The summed E-state index contributed by atoms with van der Waals surface area (Å²) in [6, 6.07) is 3.85. The molecule has 6 heteroatoms. The van der Waals surface area contributed by atoms with Crippen LogP contribution >= 0.6 is 0 Å². The summed E-state index contributed by atoms with van der Waals surface area (Å²) in [5.74, 6) is 1.72. The molecule has 2 aliphatic heterocycles. The van der Waals surface area contributed by atoms with Gasteiger partial charge in [0.15, 0.2) is 0 Å². The van der Waals surface area contributed by atoms with Gasteiger partial charge in [0, 0.05) is 44.5 Å². The third-order valence-corrected chi connectivity index (χ3v) is 5.60. The van der Waals surface area contributed by atoms with Crippen molar-refractivity contribution < 1.29 is 9.53 Å². The molecule has 1 N–H and O–H groups in total. The molecule has 0 radical (unpaired) electrons. The first-order valence-electron chi connectivity index (χ1n) is 9.78. The number of piperidine rings is 1. The Labute approximate surface area is 156 Å². The Bertz CT molecular complexity index is 594. The lowest BCUT2D eigenvalue weighted by Crippen LogP contribution is -2.54. The average Bonchev–Trinajstić information content (AvgIpc) is 2.63. The van der Waals surface area contributed by atoms with Crippen LogP contribution in [0.3, 0.4) is 0 Å². The number of hydrogen-bond donors (Lipinski definition) is 1. The van der Waals surface area contributed by atoms with Crippen molar-refractivity contribution in [3.8, 4) is 0 Å². The maximum atomic E-state index is 12.4. The van der Waals surface area contributed by atoms with E-state index in [1.807, 2.05) is 12.1 Å². The molecule has 0 saturated carbocycles. The van der Waals surface area contributed by atoms with Crippen LogP contribution in [0.1, 0.15) is 44.0 Å². The van der Waals surface area contributed by atoms with E-state index in [-0.39, 0.29) is 11.4 Å². The number of aromatic nitrogens is 1. The average molecular weight is 361 g/mol. The van der Waals surface area contributed by atoms with E-state index in [0.29, 0.717) is 12.1 Å². The molecule has 2 aliphatic rings. The van der Waals surface area contributed by atoms with Crippen molar-refractivity contribution in [1.82, 2.24) is 15.2 Å². The van der Waals surface area contributed by atoms with Crippen LogP contribution in [0, 0.1) is 5.92 Å². The summed E-state index contributed by atoms with van der Waals surface area (Å²) in [4.78, 5) is 21.6. The van der Waals surface area contributed by atoms with Gasteiger partial charge in [0.05, 0.1) is 18.8 Å². The predicted molar refractivity (Wildman–Crippen MR) is 104 cm³/mol. The van der Waals surface area contributed by atoms with Gasteiger partial charge < -0.3 is 15.0 Å². The molecule has 2 fully saturated rings. The Hall–Kier alpha value is -1.66. The maximum absolute atomic E-state index is 12.4. The minimum atomic E-state index is -0.0534. The molecule has 1 aromatic heterocycles. The van der Waals surface area contributed by atoms with Crippen LogP contribution in [-0.4, -0.2) is 67.3 Å². The highest BCUT2D eigenvalue weighted by molar-refractivity contribution is 5.94. The van der Waals surface area contributed by atoms with Gasteiger partial charge in [-0.2, -0.15) is 0 Å². The van der Waals surface area contributed by atoms with Gasteiger partial charge in [-0.15, -0.1) is 0 Å². The molecule has 1 amide bonds. The summed E-state index contributed by atoms with van der Waals surface area (Å²) < 4.78 is 5.54. The molecule has 144 valence electrons. The number of pyridine rings is 1. The van der Waals surface area contributed by atoms with E-state index in [1.54, 1.807) is 6.20 Å². The fourth-order valence-corrected chi connectivity index (χ4v) is 3.66. The van der Waals surface area contributed by atoms with Gasteiger partial charge >= 0.3 is 0 Å². The Kier molecular flexibility index (Phi) is 6.14. The maximum Gasteiger partial charge on any atom is 0.252 e. The minimum Gasteiger partial charge on any atom is -0.378 e. The Morgan fingerprint density at radius 1 is 1.31 bits per heavy atom. The van der Waals surface area contributed by atoms with Gasteiger partial charge in [-0.05, 0) is 44.7 Å². The largest absolute Gasteiger partial charge is 0.378 e. The van der Waals surface area contributed by atoms with Crippen LogP contribution in [0.4, 0.5) is 5.82 Å². The zero-order valence-corrected chi connectivity index (χ0v) is 16.3. The van der Waals surface area contributed by atoms with Crippen molar-refractivity contribution in [1.29, 1.82) is 0 Å². The first kappa shape index (κ1) is 19.1. The molecule has 0 aliphatic carbocycles. The standard InChI is InChI=1S/C20H32N4O2/c1-16-6-9-23(10-7-16)18-5-4-17(14-22-18)19(25)21-8-11-24-12-13-26-15-20(24,2)3/h4-5,14,16H,6-13,15H2,1-3H3,(H,21,25). The second-order valence-electron chi connectivity index (χ2n) is 8.18. The van der Waals surface area contributed by atoms with E-state index in [9.17, 15) is 4.79 Å². The van der Waals surface area contributed by atoms with E-state index in [1.165, 1.54) is 12.8 Å². The molecule has 6 nitrogen and oxygen atoms in total.